The van der Waals surface area contributed by atoms with E-state index < -0.39 is 0 Å². The Labute approximate surface area is 160 Å². The van der Waals surface area contributed by atoms with E-state index in [1.54, 1.807) is 0 Å². The fourth-order valence-corrected chi connectivity index (χ4v) is 3.80. The summed E-state index contributed by atoms with van der Waals surface area (Å²) in [4.78, 5) is 17.5. The lowest BCUT2D eigenvalue weighted by Gasteiger charge is -2.35. The summed E-state index contributed by atoms with van der Waals surface area (Å²) in [6, 6.07) is 24.6. The van der Waals surface area contributed by atoms with Gasteiger partial charge in [0.05, 0.1) is 13.1 Å². The molecule has 4 heteroatoms. The minimum atomic E-state index is 0.136. The molecule has 0 saturated heterocycles. The molecule has 0 bridgehead atoms. The van der Waals surface area contributed by atoms with Crippen LogP contribution in [0.1, 0.15) is 24.2 Å². The number of carbonyl (C=O) groups excluding carboxylic acids is 1. The number of nitrogens with zero attached hydrogens (tertiary/aromatic N) is 3. The van der Waals surface area contributed by atoms with Crippen LogP contribution >= 0.6 is 0 Å². The highest BCUT2D eigenvalue weighted by Gasteiger charge is 2.27. The molecule has 1 atom stereocenters. The standard InChI is InChI=1S/C23H25N3O/c1-19-22-13-8-14-24(22)15-16-25(19)18-23(27)26(21-11-6-3-7-12-21)17-20-9-4-2-5-10-20/h2-14,19H,15-18H2,1H3/t19-/m0/s1. The molecule has 1 aromatic heterocycles. The van der Waals surface area contributed by atoms with E-state index in [1.807, 2.05) is 53.4 Å². The summed E-state index contributed by atoms with van der Waals surface area (Å²) in [7, 11) is 0. The predicted octanol–water partition coefficient (Wildman–Crippen LogP) is 4.10. The smallest absolute Gasteiger partial charge is 0.241 e. The third kappa shape index (κ3) is 3.81. The van der Waals surface area contributed by atoms with E-state index >= 15 is 0 Å². The first-order valence-corrected chi connectivity index (χ1v) is 9.51. The Morgan fingerprint density at radius 1 is 0.963 bits per heavy atom. The first-order valence-electron chi connectivity index (χ1n) is 9.51. The lowest BCUT2D eigenvalue weighted by molar-refractivity contribution is -0.120. The lowest BCUT2D eigenvalue weighted by atomic mass is 10.1. The van der Waals surface area contributed by atoms with Crippen LogP contribution in [0.3, 0.4) is 0 Å². The Morgan fingerprint density at radius 3 is 2.41 bits per heavy atom. The molecular formula is C23H25N3O. The number of amides is 1. The van der Waals surface area contributed by atoms with Gasteiger partial charge in [-0.05, 0) is 36.8 Å². The average Bonchev–Trinajstić information content (AvgIpc) is 3.19. The van der Waals surface area contributed by atoms with Crippen LogP contribution in [0.4, 0.5) is 5.69 Å². The molecule has 2 aromatic carbocycles. The number of carbonyl (C=O) groups is 1. The Bertz CT molecular complexity index is 888. The third-order valence-electron chi connectivity index (χ3n) is 5.36. The van der Waals surface area contributed by atoms with Crippen molar-refractivity contribution in [3.05, 3.63) is 90.3 Å². The first kappa shape index (κ1) is 17.6. The molecular weight excluding hydrogens is 334 g/mol. The summed E-state index contributed by atoms with van der Waals surface area (Å²) >= 11 is 0. The quantitative estimate of drug-likeness (QED) is 0.686. The largest absolute Gasteiger partial charge is 0.349 e. The van der Waals surface area contributed by atoms with Gasteiger partial charge in [0.2, 0.25) is 5.91 Å². The molecule has 0 saturated carbocycles. The fourth-order valence-electron chi connectivity index (χ4n) is 3.80. The van der Waals surface area contributed by atoms with Crippen LogP contribution in [0.15, 0.2) is 79.0 Å². The van der Waals surface area contributed by atoms with Crippen LogP contribution in [-0.4, -0.2) is 28.5 Å². The number of hydrogen-bond acceptors (Lipinski definition) is 2. The highest BCUT2D eigenvalue weighted by molar-refractivity contribution is 5.94. The molecule has 1 aliphatic rings. The molecule has 0 aliphatic carbocycles. The monoisotopic (exact) mass is 359 g/mol. The van der Waals surface area contributed by atoms with E-state index in [9.17, 15) is 4.79 Å². The zero-order valence-corrected chi connectivity index (χ0v) is 15.7. The topological polar surface area (TPSA) is 28.5 Å². The van der Waals surface area contributed by atoms with Crippen LogP contribution in [0.2, 0.25) is 0 Å². The second kappa shape index (κ2) is 7.80. The fraction of sp³-hybridized carbons (Fsp3) is 0.261. The van der Waals surface area contributed by atoms with Gasteiger partial charge in [-0.3, -0.25) is 9.69 Å². The van der Waals surface area contributed by atoms with Gasteiger partial charge >= 0.3 is 0 Å². The molecule has 1 aliphatic heterocycles. The van der Waals surface area contributed by atoms with E-state index in [0.29, 0.717) is 13.1 Å². The maximum Gasteiger partial charge on any atom is 0.241 e. The molecule has 2 heterocycles. The van der Waals surface area contributed by atoms with E-state index in [2.05, 4.69) is 46.9 Å². The Balaban J connectivity index is 1.54. The second-order valence-corrected chi connectivity index (χ2v) is 7.07. The van der Waals surface area contributed by atoms with Gasteiger partial charge in [0.25, 0.3) is 0 Å². The first-order chi connectivity index (χ1) is 13.2. The van der Waals surface area contributed by atoms with E-state index in [-0.39, 0.29) is 11.9 Å². The van der Waals surface area contributed by atoms with Crippen molar-refractivity contribution in [1.82, 2.24) is 9.47 Å². The van der Waals surface area contributed by atoms with Crippen molar-refractivity contribution in [1.29, 1.82) is 0 Å². The number of rotatable bonds is 5. The van der Waals surface area contributed by atoms with Crippen molar-refractivity contribution >= 4 is 11.6 Å². The highest BCUT2D eigenvalue weighted by Crippen LogP contribution is 2.26. The number of fused-ring (bicyclic) bond motifs is 1. The third-order valence-corrected chi connectivity index (χ3v) is 5.36. The molecule has 0 fully saturated rings. The van der Waals surface area contributed by atoms with Crippen molar-refractivity contribution < 1.29 is 4.79 Å². The zero-order valence-electron chi connectivity index (χ0n) is 15.7. The normalized spacial score (nSPS) is 16.7. The lowest BCUT2D eigenvalue weighted by Crippen LogP contribution is -2.44. The van der Waals surface area contributed by atoms with Gasteiger partial charge in [0, 0.05) is 36.7 Å². The van der Waals surface area contributed by atoms with Crippen LogP contribution in [-0.2, 0) is 17.9 Å². The predicted molar refractivity (Wildman–Crippen MR) is 108 cm³/mol. The van der Waals surface area contributed by atoms with Crippen molar-refractivity contribution in [2.75, 3.05) is 18.0 Å². The van der Waals surface area contributed by atoms with Crippen LogP contribution < -0.4 is 4.90 Å². The van der Waals surface area contributed by atoms with Crippen molar-refractivity contribution in [2.45, 2.75) is 26.1 Å². The number of aromatic nitrogens is 1. The SMILES string of the molecule is C[C@H]1c2cccn2CCN1CC(=O)N(Cc1ccccc1)c1ccccc1. The molecule has 3 aromatic rings. The van der Waals surface area contributed by atoms with Crippen molar-refractivity contribution in [2.24, 2.45) is 0 Å². The maximum absolute atomic E-state index is 13.3. The number of benzene rings is 2. The highest BCUT2D eigenvalue weighted by atomic mass is 16.2. The number of anilines is 1. The van der Waals surface area contributed by atoms with Gasteiger partial charge < -0.3 is 9.47 Å². The van der Waals surface area contributed by atoms with Crippen LogP contribution in [0.5, 0.6) is 0 Å². The average molecular weight is 359 g/mol. The van der Waals surface area contributed by atoms with E-state index in [1.165, 1.54) is 5.69 Å². The van der Waals surface area contributed by atoms with Crippen molar-refractivity contribution in [3.8, 4) is 0 Å². The second-order valence-electron chi connectivity index (χ2n) is 7.07. The Kier molecular flexibility index (Phi) is 5.07. The summed E-state index contributed by atoms with van der Waals surface area (Å²) in [5.74, 6) is 0.136. The van der Waals surface area contributed by atoms with E-state index in [0.717, 1.165) is 24.3 Å². The molecule has 0 N–H and O–H groups in total. The van der Waals surface area contributed by atoms with Gasteiger partial charge in [-0.1, -0.05) is 48.5 Å². The maximum atomic E-state index is 13.3. The number of hydrogen-bond donors (Lipinski definition) is 0. The molecule has 0 unspecified atom stereocenters. The Hall–Kier alpha value is -2.85. The summed E-state index contributed by atoms with van der Waals surface area (Å²) in [5.41, 5.74) is 3.36. The molecule has 0 radical (unpaired) electrons. The van der Waals surface area contributed by atoms with Crippen LogP contribution in [0.25, 0.3) is 0 Å². The summed E-state index contributed by atoms with van der Waals surface area (Å²) in [6.07, 6.45) is 2.12. The van der Waals surface area contributed by atoms with Gasteiger partial charge in [-0.2, -0.15) is 0 Å². The summed E-state index contributed by atoms with van der Waals surface area (Å²) in [5, 5.41) is 0. The van der Waals surface area contributed by atoms with Gasteiger partial charge in [-0.15, -0.1) is 0 Å². The zero-order chi connectivity index (χ0) is 18.6. The Morgan fingerprint density at radius 2 is 1.67 bits per heavy atom. The van der Waals surface area contributed by atoms with Gasteiger partial charge in [0.1, 0.15) is 0 Å². The van der Waals surface area contributed by atoms with E-state index in [4.69, 9.17) is 0 Å². The summed E-state index contributed by atoms with van der Waals surface area (Å²) < 4.78 is 2.28. The number of para-hydroxylation sites is 1. The van der Waals surface area contributed by atoms with Crippen LogP contribution in [0, 0.1) is 0 Å². The summed E-state index contributed by atoms with van der Waals surface area (Å²) in [6.45, 7) is 5.02. The molecule has 138 valence electrons. The minimum absolute atomic E-state index is 0.136. The minimum Gasteiger partial charge on any atom is -0.349 e. The molecule has 27 heavy (non-hydrogen) atoms. The van der Waals surface area contributed by atoms with Gasteiger partial charge in [-0.25, -0.2) is 0 Å². The molecule has 4 nitrogen and oxygen atoms in total. The van der Waals surface area contributed by atoms with Gasteiger partial charge in [0.15, 0.2) is 0 Å². The molecule has 1 amide bonds. The molecule has 4 rings (SSSR count). The molecule has 0 spiro atoms. The van der Waals surface area contributed by atoms with Crippen molar-refractivity contribution in [3.63, 3.8) is 0 Å².